The Balaban J connectivity index is 1.08. The molecule has 0 bridgehead atoms. The van der Waals surface area contributed by atoms with Gasteiger partial charge in [-0.2, -0.15) is 0 Å². The van der Waals surface area contributed by atoms with Crippen molar-refractivity contribution in [3.8, 4) is 51.0 Å². The Kier molecular flexibility index (Phi) is 8.75. The lowest BCUT2D eigenvalue weighted by Crippen LogP contribution is -2.10. The van der Waals surface area contributed by atoms with Crippen molar-refractivity contribution in [2.24, 2.45) is 0 Å². The van der Waals surface area contributed by atoms with E-state index in [-0.39, 0.29) is 0 Å². The predicted molar refractivity (Wildman–Crippen MR) is 248 cm³/mol. The van der Waals surface area contributed by atoms with Crippen molar-refractivity contribution < 1.29 is 0 Å². The van der Waals surface area contributed by atoms with Gasteiger partial charge in [-0.3, -0.25) is 0 Å². The van der Waals surface area contributed by atoms with E-state index >= 15 is 0 Å². The van der Waals surface area contributed by atoms with Crippen LogP contribution in [0.4, 0.5) is 17.1 Å². The monoisotopic (exact) mass is 767 g/mol. The van der Waals surface area contributed by atoms with Gasteiger partial charge in [0, 0.05) is 49.9 Å². The Morgan fingerprint density at radius 2 is 0.800 bits per heavy atom. The third-order valence-electron chi connectivity index (χ3n) is 11.2. The van der Waals surface area contributed by atoms with Crippen LogP contribution in [0, 0.1) is 0 Å². The number of benzene rings is 9. The number of aromatic nitrogens is 4. The van der Waals surface area contributed by atoms with E-state index in [4.69, 9.17) is 15.0 Å². The van der Waals surface area contributed by atoms with Crippen molar-refractivity contribution in [2.45, 2.75) is 0 Å². The van der Waals surface area contributed by atoms with Crippen LogP contribution in [0.5, 0.6) is 0 Å². The molecule has 0 unspecified atom stereocenters. The highest BCUT2D eigenvalue weighted by Gasteiger charge is 2.20. The Labute approximate surface area is 348 Å². The van der Waals surface area contributed by atoms with Crippen LogP contribution in [-0.2, 0) is 0 Å². The summed E-state index contributed by atoms with van der Waals surface area (Å²) in [6.07, 6.45) is 0. The van der Waals surface area contributed by atoms with Crippen LogP contribution in [0.2, 0.25) is 0 Å². The SMILES string of the molecule is c1ccc(-c2ccc3c(c2)c2cc(N(c4ccccc4)c4cccc5ccccc45)ccc2n3-c2ccc(-c3nc(-c4ccccc4)nc(-c4ccccc4)n3)cc2)cc1. The van der Waals surface area contributed by atoms with Gasteiger partial charge in [-0.25, -0.2) is 15.0 Å². The van der Waals surface area contributed by atoms with Gasteiger partial charge in [0.25, 0.3) is 0 Å². The molecule has 5 nitrogen and oxygen atoms in total. The molecule has 11 aromatic rings. The number of nitrogens with zero attached hydrogens (tertiary/aromatic N) is 5. The van der Waals surface area contributed by atoms with Gasteiger partial charge in [-0.1, -0.05) is 152 Å². The van der Waals surface area contributed by atoms with E-state index in [0.29, 0.717) is 17.5 Å². The molecule has 0 atom stereocenters. The third-order valence-corrected chi connectivity index (χ3v) is 11.2. The highest BCUT2D eigenvalue weighted by molar-refractivity contribution is 6.12. The second kappa shape index (κ2) is 15.0. The lowest BCUT2D eigenvalue weighted by atomic mass is 10.0. The van der Waals surface area contributed by atoms with Crippen molar-refractivity contribution in [3.63, 3.8) is 0 Å². The van der Waals surface area contributed by atoms with Crippen molar-refractivity contribution in [1.82, 2.24) is 19.5 Å². The normalized spacial score (nSPS) is 11.3. The van der Waals surface area contributed by atoms with E-state index < -0.39 is 0 Å². The van der Waals surface area contributed by atoms with Crippen molar-refractivity contribution in [2.75, 3.05) is 4.90 Å². The average Bonchev–Trinajstić information content (AvgIpc) is 3.66. The molecule has 0 radical (unpaired) electrons. The van der Waals surface area contributed by atoms with Gasteiger partial charge in [0.15, 0.2) is 17.5 Å². The highest BCUT2D eigenvalue weighted by atomic mass is 15.1. The van der Waals surface area contributed by atoms with Gasteiger partial charge in [0.1, 0.15) is 0 Å². The van der Waals surface area contributed by atoms with E-state index in [1.807, 2.05) is 60.7 Å². The maximum atomic E-state index is 4.99. The molecule has 0 aliphatic heterocycles. The lowest BCUT2D eigenvalue weighted by molar-refractivity contribution is 1.07. The van der Waals surface area contributed by atoms with Gasteiger partial charge in [0.05, 0.1) is 16.7 Å². The second-order valence-corrected chi connectivity index (χ2v) is 14.9. The number of rotatable bonds is 8. The molecule has 11 rings (SSSR count). The van der Waals surface area contributed by atoms with Crippen molar-refractivity contribution >= 4 is 49.6 Å². The van der Waals surface area contributed by atoms with Crippen LogP contribution in [0.3, 0.4) is 0 Å². The smallest absolute Gasteiger partial charge is 0.164 e. The molecule has 0 spiro atoms. The first-order valence-electron chi connectivity index (χ1n) is 20.2. The zero-order valence-electron chi connectivity index (χ0n) is 32.6. The van der Waals surface area contributed by atoms with Crippen LogP contribution in [0.15, 0.2) is 224 Å². The van der Waals surface area contributed by atoms with Crippen LogP contribution in [0.25, 0.3) is 83.6 Å². The highest BCUT2D eigenvalue weighted by Crippen LogP contribution is 2.43. The summed E-state index contributed by atoms with van der Waals surface area (Å²) in [5.74, 6) is 1.91. The molecule has 0 N–H and O–H groups in total. The van der Waals surface area contributed by atoms with Gasteiger partial charge < -0.3 is 9.47 Å². The first-order chi connectivity index (χ1) is 29.7. The predicted octanol–water partition coefficient (Wildman–Crippen LogP) is 14.3. The zero-order chi connectivity index (χ0) is 39.8. The average molecular weight is 768 g/mol. The standard InChI is InChI=1S/C55H37N5/c1-5-16-38(17-6-1)43-30-34-51-48(36-43)49-37-46(59(44-24-11-4-12-25-44)50-27-15-23-39-18-13-14-26-47(39)50)33-35-52(49)60(51)45-31-28-42(29-32-45)55-57-53(40-19-7-2-8-20-40)56-54(58-55)41-21-9-3-10-22-41/h1-37H. The fourth-order valence-electron chi connectivity index (χ4n) is 8.34. The number of hydrogen-bond acceptors (Lipinski definition) is 4. The topological polar surface area (TPSA) is 46.8 Å². The molecule has 9 aromatic carbocycles. The molecular weight excluding hydrogens is 731 g/mol. The van der Waals surface area contributed by atoms with E-state index in [2.05, 4.69) is 173 Å². The fourth-order valence-corrected chi connectivity index (χ4v) is 8.34. The van der Waals surface area contributed by atoms with Gasteiger partial charge >= 0.3 is 0 Å². The molecule has 2 aromatic heterocycles. The fraction of sp³-hybridized carbons (Fsp3) is 0. The minimum atomic E-state index is 0.628. The molecule has 60 heavy (non-hydrogen) atoms. The first-order valence-corrected chi connectivity index (χ1v) is 20.2. The van der Waals surface area contributed by atoms with E-state index in [0.717, 1.165) is 50.5 Å². The van der Waals surface area contributed by atoms with Gasteiger partial charge in [-0.05, 0) is 89.3 Å². The summed E-state index contributed by atoms with van der Waals surface area (Å²) in [6, 6.07) is 78.9. The lowest BCUT2D eigenvalue weighted by Gasteiger charge is -2.27. The van der Waals surface area contributed by atoms with Crippen LogP contribution < -0.4 is 4.90 Å². The maximum Gasteiger partial charge on any atom is 0.164 e. The molecule has 2 heterocycles. The summed E-state index contributed by atoms with van der Waals surface area (Å²) in [5, 5.41) is 4.75. The second-order valence-electron chi connectivity index (χ2n) is 14.9. The van der Waals surface area contributed by atoms with E-state index in [1.165, 1.54) is 32.7 Å². The van der Waals surface area contributed by atoms with Gasteiger partial charge in [0.2, 0.25) is 0 Å². The minimum absolute atomic E-state index is 0.628. The Hall–Kier alpha value is -8.15. The summed E-state index contributed by atoms with van der Waals surface area (Å²) in [6.45, 7) is 0. The van der Waals surface area contributed by atoms with Crippen molar-refractivity contribution in [3.05, 3.63) is 224 Å². The summed E-state index contributed by atoms with van der Waals surface area (Å²) >= 11 is 0. The van der Waals surface area contributed by atoms with E-state index in [9.17, 15) is 0 Å². The molecule has 0 fully saturated rings. The molecule has 0 saturated carbocycles. The first kappa shape index (κ1) is 35.0. The van der Waals surface area contributed by atoms with Gasteiger partial charge in [-0.15, -0.1) is 0 Å². The molecular formula is C55H37N5. The zero-order valence-corrected chi connectivity index (χ0v) is 32.6. The van der Waals surface area contributed by atoms with Crippen LogP contribution in [0.1, 0.15) is 0 Å². The molecule has 0 aliphatic rings. The Morgan fingerprint density at radius 3 is 1.43 bits per heavy atom. The summed E-state index contributed by atoms with van der Waals surface area (Å²) in [5.41, 5.74) is 11.8. The summed E-state index contributed by atoms with van der Waals surface area (Å²) in [4.78, 5) is 17.3. The van der Waals surface area contributed by atoms with Crippen molar-refractivity contribution in [1.29, 1.82) is 0 Å². The largest absolute Gasteiger partial charge is 0.310 e. The minimum Gasteiger partial charge on any atom is -0.310 e. The maximum absolute atomic E-state index is 4.99. The number of para-hydroxylation sites is 1. The molecule has 0 amide bonds. The number of hydrogen-bond donors (Lipinski definition) is 0. The third kappa shape index (κ3) is 6.35. The van der Waals surface area contributed by atoms with Crippen LogP contribution >= 0.6 is 0 Å². The summed E-state index contributed by atoms with van der Waals surface area (Å²) < 4.78 is 2.37. The Bertz CT molecular complexity index is 3230. The molecule has 0 aliphatic carbocycles. The quantitative estimate of drug-likeness (QED) is 0.154. The number of fused-ring (bicyclic) bond motifs is 4. The molecule has 282 valence electrons. The summed E-state index contributed by atoms with van der Waals surface area (Å²) in [7, 11) is 0. The molecule has 0 saturated heterocycles. The van der Waals surface area contributed by atoms with E-state index in [1.54, 1.807) is 0 Å². The van der Waals surface area contributed by atoms with Crippen LogP contribution in [-0.4, -0.2) is 19.5 Å². The molecule has 5 heteroatoms. The Morgan fingerprint density at radius 1 is 0.317 bits per heavy atom. The number of anilines is 3.